The first-order valence-corrected chi connectivity index (χ1v) is 6.12. The Morgan fingerprint density at radius 3 is 2.94 bits per heavy atom. The molecule has 2 N–H and O–H groups in total. The zero-order valence-corrected chi connectivity index (χ0v) is 10.3. The average Bonchev–Trinajstić information content (AvgIpc) is 2.80. The highest BCUT2D eigenvalue weighted by atomic mass is 35.5. The van der Waals surface area contributed by atoms with Gasteiger partial charge in [0, 0.05) is 5.38 Å². The number of rotatable bonds is 4. The van der Waals surface area contributed by atoms with Crippen LogP contribution in [0.25, 0.3) is 0 Å². The van der Waals surface area contributed by atoms with Crippen LogP contribution in [0.2, 0.25) is 5.02 Å². The SMILES string of the molecule is O=C(O)c1ccc(NCc2cscn2)c(Cl)c1. The van der Waals surface area contributed by atoms with E-state index in [0.717, 1.165) is 5.69 Å². The molecule has 2 rings (SSSR count). The van der Waals surface area contributed by atoms with Crippen LogP contribution in [-0.2, 0) is 6.54 Å². The van der Waals surface area contributed by atoms with Crippen molar-refractivity contribution in [1.82, 2.24) is 4.98 Å². The smallest absolute Gasteiger partial charge is 0.335 e. The second kappa shape index (κ2) is 5.16. The van der Waals surface area contributed by atoms with E-state index in [1.54, 1.807) is 11.6 Å². The molecular formula is C11H9ClN2O2S. The van der Waals surface area contributed by atoms with Gasteiger partial charge in [-0.05, 0) is 18.2 Å². The van der Waals surface area contributed by atoms with Gasteiger partial charge in [0.05, 0.1) is 34.0 Å². The number of benzene rings is 1. The van der Waals surface area contributed by atoms with E-state index in [2.05, 4.69) is 10.3 Å². The maximum absolute atomic E-state index is 10.7. The number of carboxylic acid groups (broad SMARTS) is 1. The van der Waals surface area contributed by atoms with Gasteiger partial charge in [-0.25, -0.2) is 9.78 Å². The molecular weight excluding hydrogens is 260 g/mol. The fourth-order valence-electron chi connectivity index (χ4n) is 1.30. The summed E-state index contributed by atoms with van der Waals surface area (Å²) in [5.74, 6) is -0.988. The van der Waals surface area contributed by atoms with Gasteiger partial charge in [0.25, 0.3) is 0 Å². The van der Waals surface area contributed by atoms with Crippen molar-refractivity contribution in [2.45, 2.75) is 6.54 Å². The van der Waals surface area contributed by atoms with Crippen LogP contribution in [0.3, 0.4) is 0 Å². The quantitative estimate of drug-likeness (QED) is 0.894. The van der Waals surface area contributed by atoms with Gasteiger partial charge < -0.3 is 10.4 Å². The molecule has 1 aromatic heterocycles. The lowest BCUT2D eigenvalue weighted by atomic mass is 10.2. The third-order valence-electron chi connectivity index (χ3n) is 2.16. The van der Waals surface area contributed by atoms with Crippen LogP contribution < -0.4 is 5.32 Å². The number of halogens is 1. The predicted octanol–water partition coefficient (Wildman–Crippen LogP) is 3.11. The molecule has 0 aliphatic rings. The van der Waals surface area contributed by atoms with Gasteiger partial charge in [-0.2, -0.15) is 0 Å². The lowest BCUT2D eigenvalue weighted by molar-refractivity contribution is 0.0697. The summed E-state index contributed by atoms with van der Waals surface area (Å²) in [6.45, 7) is 0.565. The lowest BCUT2D eigenvalue weighted by Crippen LogP contribution is -2.02. The van der Waals surface area contributed by atoms with E-state index >= 15 is 0 Å². The van der Waals surface area contributed by atoms with Crippen LogP contribution in [0.4, 0.5) is 5.69 Å². The lowest BCUT2D eigenvalue weighted by Gasteiger charge is -2.07. The minimum atomic E-state index is -0.988. The van der Waals surface area contributed by atoms with E-state index in [-0.39, 0.29) is 5.56 Å². The first kappa shape index (κ1) is 11.9. The number of carbonyl (C=O) groups is 1. The molecule has 1 aromatic carbocycles. The van der Waals surface area contributed by atoms with Crippen LogP contribution in [0.5, 0.6) is 0 Å². The van der Waals surface area contributed by atoms with Crippen molar-refractivity contribution in [2.75, 3.05) is 5.32 Å². The van der Waals surface area contributed by atoms with Crippen LogP contribution in [-0.4, -0.2) is 16.1 Å². The minimum Gasteiger partial charge on any atom is -0.478 e. The summed E-state index contributed by atoms with van der Waals surface area (Å²) in [4.78, 5) is 14.8. The molecule has 0 amide bonds. The summed E-state index contributed by atoms with van der Waals surface area (Å²) in [6, 6.07) is 4.59. The standard InChI is InChI=1S/C11H9ClN2O2S/c12-9-3-7(11(15)16)1-2-10(9)13-4-8-5-17-6-14-8/h1-3,5-6,13H,4H2,(H,15,16). The highest BCUT2D eigenvalue weighted by molar-refractivity contribution is 7.07. The molecule has 0 spiro atoms. The van der Waals surface area contributed by atoms with Crippen molar-refractivity contribution in [3.63, 3.8) is 0 Å². The van der Waals surface area contributed by atoms with E-state index in [0.29, 0.717) is 17.3 Å². The van der Waals surface area contributed by atoms with Crippen molar-refractivity contribution in [2.24, 2.45) is 0 Å². The number of nitrogens with one attached hydrogen (secondary N) is 1. The summed E-state index contributed by atoms with van der Waals surface area (Å²) >= 11 is 7.49. The van der Waals surface area contributed by atoms with E-state index in [1.807, 2.05) is 5.38 Å². The number of carboxylic acids is 1. The molecule has 4 nitrogen and oxygen atoms in total. The number of hydrogen-bond acceptors (Lipinski definition) is 4. The molecule has 88 valence electrons. The molecule has 2 aromatic rings. The van der Waals surface area contributed by atoms with Crippen molar-refractivity contribution in [1.29, 1.82) is 0 Å². The number of aromatic nitrogens is 1. The Morgan fingerprint density at radius 1 is 1.53 bits per heavy atom. The van der Waals surface area contributed by atoms with Crippen molar-refractivity contribution < 1.29 is 9.90 Å². The number of nitrogens with zero attached hydrogens (tertiary/aromatic N) is 1. The first-order chi connectivity index (χ1) is 8.16. The molecule has 0 fully saturated rings. The Labute approximate surface area is 107 Å². The van der Waals surface area contributed by atoms with Crippen LogP contribution >= 0.6 is 22.9 Å². The summed E-state index contributed by atoms with van der Waals surface area (Å²) in [5.41, 5.74) is 3.55. The molecule has 6 heteroatoms. The van der Waals surface area contributed by atoms with Gasteiger partial charge in [-0.15, -0.1) is 11.3 Å². The third-order valence-corrected chi connectivity index (χ3v) is 3.11. The van der Waals surface area contributed by atoms with E-state index < -0.39 is 5.97 Å². The second-order valence-corrected chi connectivity index (χ2v) is 4.46. The highest BCUT2D eigenvalue weighted by Crippen LogP contribution is 2.23. The topological polar surface area (TPSA) is 62.2 Å². The molecule has 1 heterocycles. The molecule has 0 saturated heterocycles. The van der Waals surface area contributed by atoms with Gasteiger partial charge in [-0.1, -0.05) is 11.6 Å². The van der Waals surface area contributed by atoms with Crippen LogP contribution in [0.1, 0.15) is 16.1 Å². The second-order valence-electron chi connectivity index (χ2n) is 3.33. The molecule has 0 aliphatic heterocycles. The summed E-state index contributed by atoms with van der Waals surface area (Å²) in [5, 5.41) is 14.2. The number of aromatic carboxylic acids is 1. The zero-order valence-electron chi connectivity index (χ0n) is 8.68. The number of hydrogen-bond donors (Lipinski definition) is 2. The summed E-state index contributed by atoms with van der Waals surface area (Å²) in [7, 11) is 0. The maximum atomic E-state index is 10.7. The highest BCUT2D eigenvalue weighted by Gasteiger charge is 2.06. The molecule has 0 radical (unpaired) electrons. The Kier molecular flexibility index (Phi) is 3.61. The Hall–Kier alpha value is -1.59. The van der Waals surface area contributed by atoms with Gasteiger partial charge in [0.15, 0.2) is 0 Å². The molecule has 0 saturated carbocycles. The van der Waals surface area contributed by atoms with E-state index in [9.17, 15) is 4.79 Å². The van der Waals surface area contributed by atoms with Gasteiger partial charge in [0.1, 0.15) is 0 Å². The average molecular weight is 269 g/mol. The first-order valence-electron chi connectivity index (χ1n) is 4.80. The number of anilines is 1. The molecule has 0 bridgehead atoms. The largest absolute Gasteiger partial charge is 0.478 e. The van der Waals surface area contributed by atoms with Crippen molar-refractivity contribution >= 4 is 34.6 Å². The monoisotopic (exact) mass is 268 g/mol. The fourth-order valence-corrected chi connectivity index (χ4v) is 2.11. The zero-order chi connectivity index (χ0) is 12.3. The van der Waals surface area contributed by atoms with E-state index in [4.69, 9.17) is 16.7 Å². The summed E-state index contributed by atoms with van der Waals surface area (Å²) < 4.78 is 0. The van der Waals surface area contributed by atoms with Gasteiger partial charge >= 0.3 is 5.97 Å². The van der Waals surface area contributed by atoms with Gasteiger partial charge in [0.2, 0.25) is 0 Å². The fraction of sp³-hybridized carbons (Fsp3) is 0.0909. The van der Waals surface area contributed by atoms with Crippen LogP contribution in [0, 0.1) is 0 Å². The minimum absolute atomic E-state index is 0.175. The Balaban J connectivity index is 2.09. The van der Waals surface area contributed by atoms with Crippen LogP contribution in [0.15, 0.2) is 29.1 Å². The Morgan fingerprint density at radius 2 is 2.35 bits per heavy atom. The summed E-state index contributed by atoms with van der Waals surface area (Å²) in [6.07, 6.45) is 0. The third kappa shape index (κ3) is 2.95. The molecule has 17 heavy (non-hydrogen) atoms. The number of thiazole rings is 1. The molecule has 0 atom stereocenters. The van der Waals surface area contributed by atoms with Gasteiger partial charge in [-0.3, -0.25) is 0 Å². The van der Waals surface area contributed by atoms with E-state index in [1.165, 1.54) is 23.5 Å². The molecule has 0 unspecified atom stereocenters. The normalized spacial score (nSPS) is 10.2. The van der Waals surface area contributed by atoms with Crippen molar-refractivity contribution in [3.8, 4) is 0 Å². The predicted molar refractivity (Wildman–Crippen MR) is 67.9 cm³/mol. The maximum Gasteiger partial charge on any atom is 0.335 e. The van der Waals surface area contributed by atoms with Crippen molar-refractivity contribution in [3.05, 3.63) is 45.4 Å². The Bertz CT molecular complexity index is 528. The molecule has 0 aliphatic carbocycles.